The van der Waals surface area contributed by atoms with Crippen LogP contribution in [0.25, 0.3) is 0 Å². The van der Waals surface area contributed by atoms with Gasteiger partial charge in [-0.05, 0) is 43.2 Å². The number of carbonyl (C=O) groups is 1. The molecule has 1 amide bonds. The predicted octanol–water partition coefficient (Wildman–Crippen LogP) is 2.13. The van der Waals surface area contributed by atoms with Crippen molar-refractivity contribution in [2.24, 2.45) is 11.8 Å². The molecule has 1 aliphatic heterocycles. The van der Waals surface area contributed by atoms with Crippen molar-refractivity contribution in [1.29, 1.82) is 0 Å². The lowest BCUT2D eigenvalue weighted by Gasteiger charge is -2.29. The maximum Gasteiger partial charge on any atom is 0.264 e. The zero-order chi connectivity index (χ0) is 13.5. The van der Waals surface area contributed by atoms with Crippen LogP contribution in [0, 0.1) is 11.8 Å². The zero-order valence-corrected chi connectivity index (χ0v) is 11.4. The van der Waals surface area contributed by atoms with Crippen molar-refractivity contribution >= 4 is 5.91 Å². The van der Waals surface area contributed by atoms with E-state index in [2.05, 4.69) is 5.32 Å². The number of rotatable bonds is 2. The van der Waals surface area contributed by atoms with Crippen LogP contribution in [0.1, 0.15) is 25.7 Å². The van der Waals surface area contributed by atoms with E-state index in [0.717, 1.165) is 18.1 Å². The van der Waals surface area contributed by atoms with E-state index < -0.39 is 6.10 Å². The number of fused-ring (bicyclic) bond motifs is 3. The Morgan fingerprint density at radius 3 is 2.75 bits per heavy atom. The van der Waals surface area contributed by atoms with Crippen LogP contribution in [0.3, 0.4) is 0 Å². The molecular formula is C16H19NO3. The third-order valence-electron chi connectivity index (χ3n) is 4.87. The van der Waals surface area contributed by atoms with Gasteiger partial charge in [0.15, 0.2) is 11.5 Å². The first-order valence-corrected chi connectivity index (χ1v) is 7.48. The molecule has 2 fully saturated rings. The SMILES string of the molecule is O=C(N[C@@H]1C[C@H]2CC[C@H]1C2)[C@H]1COc2ccccc2O1. The molecule has 0 saturated heterocycles. The number of carbonyl (C=O) groups excluding carboxylic acids is 1. The fourth-order valence-corrected chi connectivity index (χ4v) is 3.85. The molecule has 4 atom stereocenters. The summed E-state index contributed by atoms with van der Waals surface area (Å²) in [6.07, 6.45) is 4.51. The lowest BCUT2D eigenvalue weighted by Crippen LogP contribution is -2.49. The fourth-order valence-electron chi connectivity index (χ4n) is 3.85. The number of ether oxygens (including phenoxy) is 2. The molecule has 0 unspecified atom stereocenters. The van der Waals surface area contributed by atoms with E-state index in [1.807, 2.05) is 24.3 Å². The monoisotopic (exact) mass is 273 g/mol. The van der Waals surface area contributed by atoms with Crippen molar-refractivity contribution in [3.63, 3.8) is 0 Å². The van der Waals surface area contributed by atoms with Gasteiger partial charge in [0.1, 0.15) is 6.61 Å². The number of benzene rings is 1. The summed E-state index contributed by atoms with van der Waals surface area (Å²) in [6, 6.07) is 7.84. The molecule has 1 heterocycles. The summed E-state index contributed by atoms with van der Waals surface area (Å²) in [5.74, 6) is 2.86. The second-order valence-corrected chi connectivity index (χ2v) is 6.15. The molecule has 106 valence electrons. The Balaban J connectivity index is 1.40. The van der Waals surface area contributed by atoms with Gasteiger partial charge in [0.05, 0.1) is 0 Å². The molecule has 4 nitrogen and oxygen atoms in total. The van der Waals surface area contributed by atoms with Crippen LogP contribution in [-0.2, 0) is 4.79 Å². The molecule has 4 rings (SSSR count). The van der Waals surface area contributed by atoms with Crippen LogP contribution < -0.4 is 14.8 Å². The number of nitrogens with one attached hydrogen (secondary N) is 1. The molecule has 0 spiro atoms. The summed E-state index contributed by atoms with van der Waals surface area (Å²) in [5, 5.41) is 3.17. The van der Waals surface area contributed by atoms with E-state index >= 15 is 0 Å². The maximum atomic E-state index is 12.3. The van der Waals surface area contributed by atoms with Gasteiger partial charge >= 0.3 is 0 Å². The molecule has 3 aliphatic rings. The topological polar surface area (TPSA) is 47.6 Å². The van der Waals surface area contributed by atoms with E-state index in [9.17, 15) is 4.79 Å². The highest BCUT2D eigenvalue weighted by Crippen LogP contribution is 2.44. The van der Waals surface area contributed by atoms with Crippen molar-refractivity contribution < 1.29 is 14.3 Å². The third-order valence-corrected chi connectivity index (χ3v) is 4.87. The Morgan fingerprint density at radius 2 is 2.00 bits per heavy atom. The second kappa shape index (κ2) is 4.69. The van der Waals surface area contributed by atoms with Gasteiger partial charge in [0.2, 0.25) is 6.10 Å². The molecule has 2 bridgehead atoms. The van der Waals surface area contributed by atoms with Gasteiger partial charge in [-0.1, -0.05) is 18.6 Å². The van der Waals surface area contributed by atoms with Crippen molar-refractivity contribution in [1.82, 2.24) is 5.32 Å². The van der Waals surface area contributed by atoms with Gasteiger partial charge in [0, 0.05) is 6.04 Å². The minimum absolute atomic E-state index is 0.0305. The zero-order valence-electron chi connectivity index (χ0n) is 11.4. The van der Waals surface area contributed by atoms with Gasteiger partial charge in [-0.3, -0.25) is 4.79 Å². The van der Waals surface area contributed by atoms with Crippen molar-refractivity contribution in [2.75, 3.05) is 6.61 Å². The van der Waals surface area contributed by atoms with Crippen LogP contribution in [0.4, 0.5) is 0 Å². The molecule has 1 N–H and O–H groups in total. The Labute approximate surface area is 118 Å². The maximum absolute atomic E-state index is 12.3. The first-order valence-electron chi connectivity index (χ1n) is 7.48. The van der Waals surface area contributed by atoms with Crippen LogP contribution in [0.15, 0.2) is 24.3 Å². The highest BCUT2D eigenvalue weighted by atomic mass is 16.6. The summed E-state index contributed by atoms with van der Waals surface area (Å²) in [4.78, 5) is 12.3. The van der Waals surface area contributed by atoms with E-state index in [-0.39, 0.29) is 5.91 Å². The van der Waals surface area contributed by atoms with Crippen molar-refractivity contribution in [3.05, 3.63) is 24.3 Å². The lowest BCUT2D eigenvalue weighted by atomic mass is 9.95. The Morgan fingerprint density at radius 1 is 1.15 bits per heavy atom. The van der Waals surface area contributed by atoms with Crippen molar-refractivity contribution in [2.45, 2.75) is 37.8 Å². The summed E-state index contributed by atoms with van der Waals surface area (Å²) in [6.45, 7) is 0.295. The highest BCUT2D eigenvalue weighted by molar-refractivity contribution is 5.82. The van der Waals surface area contributed by atoms with Gasteiger partial charge in [-0.2, -0.15) is 0 Å². The van der Waals surface area contributed by atoms with E-state index in [1.165, 1.54) is 19.3 Å². The van der Waals surface area contributed by atoms with Gasteiger partial charge < -0.3 is 14.8 Å². The highest BCUT2D eigenvalue weighted by Gasteiger charge is 2.41. The third kappa shape index (κ3) is 2.03. The fraction of sp³-hybridized carbons (Fsp3) is 0.562. The Hall–Kier alpha value is -1.71. The second-order valence-electron chi connectivity index (χ2n) is 6.15. The van der Waals surface area contributed by atoms with Gasteiger partial charge in [-0.15, -0.1) is 0 Å². The number of amides is 1. The Bertz CT molecular complexity index is 530. The number of para-hydroxylation sites is 2. The smallest absolute Gasteiger partial charge is 0.264 e. The van der Waals surface area contributed by atoms with Crippen LogP contribution in [0.5, 0.6) is 11.5 Å². The molecular weight excluding hydrogens is 254 g/mol. The van der Waals surface area contributed by atoms with E-state index in [1.54, 1.807) is 0 Å². The molecule has 1 aromatic carbocycles. The minimum Gasteiger partial charge on any atom is -0.485 e. The predicted molar refractivity (Wildman–Crippen MR) is 73.7 cm³/mol. The molecule has 2 aliphatic carbocycles. The summed E-state index contributed by atoms with van der Waals surface area (Å²) in [5.41, 5.74) is 0. The molecule has 2 saturated carbocycles. The quantitative estimate of drug-likeness (QED) is 0.898. The van der Waals surface area contributed by atoms with Gasteiger partial charge in [0.25, 0.3) is 5.91 Å². The number of hydrogen-bond acceptors (Lipinski definition) is 3. The number of hydrogen-bond donors (Lipinski definition) is 1. The van der Waals surface area contributed by atoms with Gasteiger partial charge in [-0.25, -0.2) is 0 Å². The molecule has 1 aromatic rings. The lowest BCUT2D eigenvalue weighted by molar-refractivity contribution is -0.131. The molecule has 0 radical (unpaired) electrons. The average Bonchev–Trinajstić information content (AvgIpc) is 3.09. The molecule has 0 aromatic heterocycles. The first-order chi connectivity index (χ1) is 9.79. The Kier molecular flexibility index (Phi) is 2.83. The van der Waals surface area contributed by atoms with Crippen LogP contribution >= 0.6 is 0 Å². The van der Waals surface area contributed by atoms with E-state index in [0.29, 0.717) is 24.3 Å². The molecule has 4 heteroatoms. The largest absolute Gasteiger partial charge is 0.485 e. The van der Waals surface area contributed by atoms with E-state index in [4.69, 9.17) is 9.47 Å². The summed E-state index contributed by atoms with van der Waals surface area (Å²) in [7, 11) is 0. The summed E-state index contributed by atoms with van der Waals surface area (Å²) < 4.78 is 11.3. The first kappa shape index (κ1) is 12.1. The van der Waals surface area contributed by atoms with Crippen molar-refractivity contribution in [3.8, 4) is 11.5 Å². The van der Waals surface area contributed by atoms with Crippen LogP contribution in [-0.4, -0.2) is 24.7 Å². The summed E-state index contributed by atoms with van der Waals surface area (Å²) >= 11 is 0. The standard InChI is InChI=1S/C16H19NO3/c18-16(17-12-8-10-5-6-11(12)7-10)15-9-19-13-3-1-2-4-14(13)20-15/h1-4,10-12,15H,5-9H2,(H,17,18)/t10-,11-,12+,15+/m0/s1. The van der Waals surface area contributed by atoms with Crippen LogP contribution in [0.2, 0.25) is 0 Å². The normalized spacial score (nSPS) is 34.0. The minimum atomic E-state index is -0.524. The average molecular weight is 273 g/mol. The molecule has 20 heavy (non-hydrogen) atoms.